The minimum Gasteiger partial charge on any atom is -0.450 e. The van der Waals surface area contributed by atoms with E-state index in [1.54, 1.807) is 6.92 Å². The third-order valence-corrected chi connectivity index (χ3v) is 0.833. The van der Waals surface area contributed by atoms with E-state index in [1.165, 1.54) is 0 Å². The van der Waals surface area contributed by atoms with E-state index in [4.69, 9.17) is 10.2 Å². The zero-order valence-electron chi connectivity index (χ0n) is 7.49. The van der Waals surface area contributed by atoms with Crippen molar-refractivity contribution in [2.45, 2.75) is 33.0 Å². The number of hydrogen-bond donors (Lipinski definition) is 3. The number of hydrogen-bond acceptors (Lipinski definition) is 4. The van der Waals surface area contributed by atoms with Crippen molar-refractivity contribution in [2.24, 2.45) is 5.73 Å². The molecule has 0 aromatic rings. The number of amides is 1. The molecule has 0 aliphatic rings. The fraction of sp³-hybridized carbons (Fsp3) is 0.857. The molecular formula is C7H17NO4. The van der Waals surface area contributed by atoms with Gasteiger partial charge in [0, 0.05) is 0 Å². The normalized spacial score (nSPS) is 8.75. The average molecular weight is 179 g/mol. The number of primary amides is 1. The van der Waals surface area contributed by atoms with E-state index >= 15 is 0 Å². The van der Waals surface area contributed by atoms with Crippen molar-refractivity contribution in [3.05, 3.63) is 0 Å². The summed E-state index contributed by atoms with van der Waals surface area (Å²) in [6, 6.07) is 0. The molecule has 0 saturated heterocycles. The van der Waals surface area contributed by atoms with Crippen molar-refractivity contribution in [1.82, 2.24) is 0 Å². The molecule has 0 spiro atoms. The van der Waals surface area contributed by atoms with Crippen LogP contribution in [0.15, 0.2) is 0 Å². The third kappa shape index (κ3) is 22.9. The first-order valence-corrected chi connectivity index (χ1v) is 3.82. The van der Waals surface area contributed by atoms with Gasteiger partial charge < -0.3 is 20.7 Å². The zero-order valence-corrected chi connectivity index (χ0v) is 7.49. The highest BCUT2D eigenvalue weighted by molar-refractivity contribution is 5.64. The van der Waals surface area contributed by atoms with Gasteiger partial charge in [-0.05, 0) is 13.3 Å². The van der Waals surface area contributed by atoms with Crippen molar-refractivity contribution < 1.29 is 19.7 Å². The van der Waals surface area contributed by atoms with Gasteiger partial charge in [-0.3, -0.25) is 0 Å². The van der Waals surface area contributed by atoms with Gasteiger partial charge in [-0.25, -0.2) is 4.79 Å². The molecule has 0 aliphatic carbocycles. The molecule has 0 unspecified atom stereocenters. The molecular weight excluding hydrogens is 162 g/mol. The van der Waals surface area contributed by atoms with Gasteiger partial charge >= 0.3 is 6.09 Å². The highest BCUT2D eigenvalue weighted by atomic mass is 16.5. The van der Waals surface area contributed by atoms with Gasteiger partial charge in [0.1, 0.15) is 0 Å². The number of aliphatic hydroxyl groups excluding tert-OH is 1. The first kappa shape index (κ1) is 13.8. The molecule has 0 aromatic heterocycles. The highest BCUT2D eigenvalue weighted by Gasteiger charge is 1.89. The van der Waals surface area contributed by atoms with Crippen molar-refractivity contribution in [2.75, 3.05) is 6.61 Å². The van der Waals surface area contributed by atoms with Crippen LogP contribution in [0.4, 0.5) is 4.79 Å². The Morgan fingerprint density at radius 3 is 2.00 bits per heavy atom. The van der Waals surface area contributed by atoms with Crippen LogP contribution in [0, 0.1) is 0 Å². The summed E-state index contributed by atoms with van der Waals surface area (Å²) in [5, 5.41) is 16.2. The van der Waals surface area contributed by atoms with Crippen molar-refractivity contribution in [3.63, 3.8) is 0 Å². The first-order chi connectivity index (χ1) is 5.54. The van der Waals surface area contributed by atoms with Gasteiger partial charge in [-0.15, -0.1) is 0 Å². The van der Waals surface area contributed by atoms with E-state index in [0.29, 0.717) is 13.0 Å². The summed E-state index contributed by atoms with van der Waals surface area (Å²) < 4.78 is 4.18. The Hall–Kier alpha value is -0.810. The molecule has 1 amide bonds. The van der Waals surface area contributed by atoms with E-state index < -0.39 is 12.4 Å². The van der Waals surface area contributed by atoms with Gasteiger partial charge in [0.2, 0.25) is 0 Å². The lowest BCUT2D eigenvalue weighted by atomic mass is 10.3. The smallest absolute Gasteiger partial charge is 0.404 e. The Bertz CT molecular complexity index is 106. The quantitative estimate of drug-likeness (QED) is 0.539. The Labute approximate surface area is 72.1 Å². The number of rotatable bonds is 3. The molecule has 4 N–H and O–H groups in total. The van der Waals surface area contributed by atoms with E-state index in [1.807, 2.05) is 6.92 Å². The van der Waals surface area contributed by atoms with Gasteiger partial charge in [0.05, 0.1) is 6.61 Å². The molecule has 74 valence electrons. The van der Waals surface area contributed by atoms with Crippen LogP contribution < -0.4 is 5.73 Å². The molecule has 0 aliphatic heterocycles. The van der Waals surface area contributed by atoms with Crippen LogP contribution in [0.3, 0.4) is 0 Å². The molecule has 12 heavy (non-hydrogen) atoms. The lowest BCUT2D eigenvalue weighted by Crippen LogP contribution is -2.11. The third-order valence-electron chi connectivity index (χ3n) is 0.833. The second kappa shape index (κ2) is 10.2. The van der Waals surface area contributed by atoms with E-state index in [-0.39, 0.29) is 0 Å². The zero-order chi connectivity index (χ0) is 9.98. The van der Waals surface area contributed by atoms with Crippen molar-refractivity contribution in [3.8, 4) is 0 Å². The van der Waals surface area contributed by atoms with Crippen LogP contribution >= 0.6 is 0 Å². The Balaban J connectivity index is 0. The molecule has 0 atom stereocenters. The van der Waals surface area contributed by atoms with Crippen LogP contribution in [0.5, 0.6) is 0 Å². The Kier molecular flexibility index (Phi) is 11.7. The molecule has 0 rings (SSSR count). The van der Waals surface area contributed by atoms with Gasteiger partial charge in [-0.2, -0.15) is 0 Å². The summed E-state index contributed by atoms with van der Waals surface area (Å²) in [6.07, 6.45) is -0.495. The van der Waals surface area contributed by atoms with Crippen LogP contribution in [-0.2, 0) is 4.74 Å². The largest absolute Gasteiger partial charge is 0.450 e. The second-order valence-electron chi connectivity index (χ2n) is 2.02. The van der Waals surface area contributed by atoms with Gasteiger partial charge in [-0.1, -0.05) is 13.3 Å². The van der Waals surface area contributed by atoms with Crippen molar-refractivity contribution in [1.29, 1.82) is 0 Å². The van der Waals surface area contributed by atoms with Gasteiger partial charge in [0.25, 0.3) is 0 Å². The molecule has 0 fully saturated rings. The summed E-state index contributed by atoms with van der Waals surface area (Å²) in [6.45, 7) is 3.96. The molecule has 0 radical (unpaired) electrons. The molecule has 5 heteroatoms. The summed E-state index contributed by atoms with van der Waals surface area (Å²) >= 11 is 0. The number of carbonyl (C=O) groups is 1. The molecule has 0 heterocycles. The van der Waals surface area contributed by atoms with Gasteiger partial charge in [0.15, 0.2) is 6.29 Å². The lowest BCUT2D eigenvalue weighted by molar-refractivity contribution is -0.0453. The average Bonchev–Trinajstić information content (AvgIpc) is 1.87. The van der Waals surface area contributed by atoms with Crippen LogP contribution in [-0.4, -0.2) is 29.2 Å². The summed E-state index contributed by atoms with van der Waals surface area (Å²) in [7, 11) is 0. The standard InChI is InChI=1S/C4H10O2.C3H7NO2/c1-2-3-4(5)6;1-2-6-3(4)5/h4-6H,2-3H2,1H3;2H2,1H3,(H2,4,5). The number of ether oxygens (including phenoxy) is 1. The lowest BCUT2D eigenvalue weighted by Gasteiger charge is -1.94. The van der Waals surface area contributed by atoms with Crippen LogP contribution in [0.2, 0.25) is 0 Å². The van der Waals surface area contributed by atoms with Crippen LogP contribution in [0.25, 0.3) is 0 Å². The fourth-order valence-electron chi connectivity index (χ4n) is 0.400. The number of nitrogens with two attached hydrogens (primary N) is 1. The van der Waals surface area contributed by atoms with Crippen LogP contribution in [0.1, 0.15) is 26.7 Å². The maximum atomic E-state index is 9.60. The maximum absolute atomic E-state index is 9.60. The fourth-order valence-corrected chi connectivity index (χ4v) is 0.400. The monoisotopic (exact) mass is 179 g/mol. The first-order valence-electron chi connectivity index (χ1n) is 3.82. The number of aliphatic hydroxyl groups is 2. The second-order valence-corrected chi connectivity index (χ2v) is 2.02. The van der Waals surface area contributed by atoms with E-state index in [0.717, 1.165) is 6.42 Å². The summed E-state index contributed by atoms with van der Waals surface area (Å²) in [5.74, 6) is 0. The van der Waals surface area contributed by atoms with Crippen molar-refractivity contribution >= 4 is 6.09 Å². The summed E-state index contributed by atoms with van der Waals surface area (Å²) in [5.41, 5.74) is 4.54. The predicted octanol–water partition coefficient (Wildman–Crippen LogP) is 0.199. The number of carbonyl (C=O) groups excluding carboxylic acids is 1. The molecule has 0 aromatic carbocycles. The molecule has 5 nitrogen and oxygen atoms in total. The van der Waals surface area contributed by atoms with E-state index in [2.05, 4.69) is 10.5 Å². The minimum absolute atomic E-state index is 0.356. The summed E-state index contributed by atoms with van der Waals surface area (Å²) in [4.78, 5) is 9.60. The predicted molar refractivity (Wildman–Crippen MR) is 44.3 cm³/mol. The SMILES string of the molecule is CCCC(O)O.CCOC(N)=O. The maximum Gasteiger partial charge on any atom is 0.404 e. The Morgan fingerprint density at radius 1 is 1.50 bits per heavy atom. The topological polar surface area (TPSA) is 92.8 Å². The van der Waals surface area contributed by atoms with E-state index in [9.17, 15) is 4.79 Å². The molecule has 0 bridgehead atoms. The molecule has 0 saturated carbocycles. The minimum atomic E-state index is -1.10. The highest BCUT2D eigenvalue weighted by Crippen LogP contribution is 1.88. The Morgan fingerprint density at radius 2 is 2.00 bits per heavy atom.